The maximum atomic E-state index is 3.56. The van der Waals surface area contributed by atoms with Crippen LogP contribution in [0.25, 0.3) is 32.7 Å². The van der Waals surface area contributed by atoms with E-state index in [1.807, 2.05) is 0 Å². The van der Waals surface area contributed by atoms with E-state index < -0.39 is 0 Å². The maximum absolute atomic E-state index is 3.56. The molecule has 1 heterocycles. The molecule has 1 aliphatic carbocycles. The van der Waals surface area contributed by atoms with Crippen LogP contribution in [-0.2, 0) is 28.8 Å². The molecule has 0 saturated heterocycles. The third kappa shape index (κ3) is 7.96. The van der Waals surface area contributed by atoms with Crippen molar-refractivity contribution in [2.75, 3.05) is 4.90 Å². The van der Waals surface area contributed by atoms with E-state index in [-0.39, 0.29) is 20.3 Å². The zero-order chi connectivity index (χ0) is 32.5. The Morgan fingerprint density at radius 2 is 1.47 bits per heavy atom. The molecular formula is C44H49NSiZr-4. The van der Waals surface area contributed by atoms with Crippen LogP contribution < -0.4 is 4.90 Å². The number of anilines is 1. The molecule has 2 radical (unpaired) electrons. The van der Waals surface area contributed by atoms with Crippen LogP contribution in [0.5, 0.6) is 0 Å². The van der Waals surface area contributed by atoms with Gasteiger partial charge in [-0.25, -0.2) is 0 Å². The summed E-state index contributed by atoms with van der Waals surface area (Å²) in [6.07, 6.45) is 8.18. The van der Waals surface area contributed by atoms with Crippen molar-refractivity contribution in [2.45, 2.75) is 66.8 Å². The number of hydrogen-bond acceptors (Lipinski definition) is 1. The molecule has 0 bridgehead atoms. The first-order chi connectivity index (χ1) is 21.5. The fraction of sp³-hybridized carbons (Fsp3) is 0.250. The molecule has 3 heteroatoms. The summed E-state index contributed by atoms with van der Waals surface area (Å²) in [7, 11) is 0. The molecule has 1 unspecified atom stereocenters. The van der Waals surface area contributed by atoms with Crippen molar-refractivity contribution in [3.8, 4) is 11.1 Å². The summed E-state index contributed by atoms with van der Waals surface area (Å²) in [5, 5.41) is 5.36. The normalized spacial score (nSPS) is 14.9. The van der Waals surface area contributed by atoms with E-state index in [0.717, 1.165) is 0 Å². The van der Waals surface area contributed by atoms with Gasteiger partial charge in [-0.1, -0.05) is 120 Å². The fourth-order valence-corrected chi connectivity index (χ4v) is 6.43. The molecule has 7 rings (SSSR count). The molecule has 242 valence electrons. The molecule has 5 aromatic carbocycles. The molecule has 0 spiro atoms. The third-order valence-corrected chi connectivity index (χ3v) is 8.88. The Labute approximate surface area is 302 Å². The molecule has 0 amide bonds. The Kier molecular flexibility index (Phi) is 12.9. The molecule has 1 nitrogen and oxygen atoms in total. The van der Waals surface area contributed by atoms with Gasteiger partial charge < -0.3 is 19.8 Å². The van der Waals surface area contributed by atoms with Gasteiger partial charge in [-0.2, -0.15) is 6.07 Å². The second-order valence-corrected chi connectivity index (χ2v) is 13.6. The van der Waals surface area contributed by atoms with E-state index >= 15 is 0 Å². The van der Waals surface area contributed by atoms with Gasteiger partial charge in [-0.3, -0.25) is 0 Å². The first-order valence-corrected chi connectivity index (χ1v) is 20.1. The molecule has 1 atom stereocenters. The van der Waals surface area contributed by atoms with Crippen molar-refractivity contribution in [1.29, 1.82) is 0 Å². The van der Waals surface area contributed by atoms with Crippen LogP contribution in [0.1, 0.15) is 58.2 Å². The molecule has 0 N–H and O–H groups in total. The zero-order valence-corrected chi connectivity index (χ0v) is 33.4. The summed E-state index contributed by atoms with van der Waals surface area (Å²) < 4.78 is 0. The Morgan fingerprint density at radius 3 is 2.13 bits per heavy atom. The van der Waals surface area contributed by atoms with Gasteiger partial charge in [0.1, 0.15) is 0 Å². The summed E-state index contributed by atoms with van der Waals surface area (Å²) >= 11 is 1.36. The van der Waals surface area contributed by atoms with Crippen LogP contribution in [0.4, 0.5) is 5.69 Å². The molecule has 0 aromatic heterocycles. The predicted molar refractivity (Wildman–Crippen MR) is 205 cm³/mol. The van der Waals surface area contributed by atoms with Gasteiger partial charge in [0.2, 0.25) is 0 Å². The summed E-state index contributed by atoms with van der Waals surface area (Å²) in [4.78, 5) is 2.42. The van der Waals surface area contributed by atoms with Crippen LogP contribution in [0.2, 0.25) is 0 Å². The first-order valence-electron chi connectivity index (χ1n) is 15.9. The summed E-state index contributed by atoms with van der Waals surface area (Å²) in [6, 6.07) is 33.7. The Hall–Kier alpha value is -3.13. The van der Waals surface area contributed by atoms with Crippen molar-refractivity contribution < 1.29 is 23.3 Å². The van der Waals surface area contributed by atoms with Gasteiger partial charge in [-0.05, 0) is 52.3 Å². The number of aryl methyl sites for hydroxylation is 2. The van der Waals surface area contributed by atoms with E-state index in [1.54, 1.807) is 0 Å². The van der Waals surface area contributed by atoms with E-state index in [9.17, 15) is 0 Å². The van der Waals surface area contributed by atoms with Crippen LogP contribution in [0.3, 0.4) is 0 Å². The number of benzene rings is 4. The minimum atomic E-state index is 0. The molecule has 1 aliphatic heterocycles. The molecule has 5 aromatic rings. The van der Waals surface area contributed by atoms with Crippen LogP contribution >= 0.6 is 0 Å². The fourth-order valence-electron chi connectivity index (χ4n) is 6.43. The van der Waals surface area contributed by atoms with Crippen LogP contribution in [-0.4, -0.2) is 12.9 Å². The van der Waals surface area contributed by atoms with Crippen molar-refractivity contribution >= 4 is 34.1 Å². The quantitative estimate of drug-likeness (QED) is 0.133. The molecule has 47 heavy (non-hydrogen) atoms. The number of fused-ring (bicyclic) bond motifs is 3. The van der Waals surface area contributed by atoms with E-state index in [1.165, 1.54) is 95.2 Å². The van der Waals surface area contributed by atoms with Gasteiger partial charge >= 0.3 is 30.2 Å². The third-order valence-electron chi connectivity index (χ3n) is 8.88. The van der Waals surface area contributed by atoms with Crippen LogP contribution in [0, 0.1) is 40.7 Å². The zero-order valence-electron chi connectivity index (χ0n) is 29.9. The number of allylic oxidation sites excluding steroid dienone is 3. The van der Waals surface area contributed by atoms with Gasteiger partial charge in [0.25, 0.3) is 0 Å². The monoisotopic (exact) mass is 709 g/mol. The van der Waals surface area contributed by atoms with Crippen molar-refractivity contribution in [3.63, 3.8) is 0 Å². The van der Waals surface area contributed by atoms with Crippen LogP contribution in [0.15, 0.2) is 120 Å². The first kappa shape index (κ1) is 38.3. The second kappa shape index (κ2) is 15.8. The summed E-state index contributed by atoms with van der Waals surface area (Å²) in [5.41, 5.74) is 12.1. The number of hydrogen-bond donors (Lipinski definition) is 0. The van der Waals surface area contributed by atoms with Gasteiger partial charge in [0.05, 0.1) is 0 Å². The Bertz CT molecular complexity index is 1920. The SMILES string of the molecule is CC(C)C1=[C-]C2=CC(C)N(c3ccc(C(C)(C)C)cc3)C2=C1.Cc1cc2c(-c3cccc4ccccc34)ccc(C)c2[cH-]1.[CH3-].[CH3-].[Si]=[Zr]. The number of nitrogens with zero attached hydrogens (tertiary/aromatic N) is 1. The summed E-state index contributed by atoms with van der Waals surface area (Å²) in [6.45, 7) is 20.9. The van der Waals surface area contributed by atoms with Gasteiger partial charge in [0, 0.05) is 11.7 Å². The summed E-state index contributed by atoms with van der Waals surface area (Å²) in [5.74, 6) is 0.527. The molecule has 0 saturated carbocycles. The molecule has 2 aliphatic rings. The van der Waals surface area contributed by atoms with Gasteiger partial charge in [0.15, 0.2) is 0 Å². The van der Waals surface area contributed by atoms with Crippen molar-refractivity contribution in [1.82, 2.24) is 0 Å². The molecular weight excluding hydrogens is 662 g/mol. The van der Waals surface area contributed by atoms with Gasteiger partial charge in [-0.15, -0.1) is 63.4 Å². The Morgan fingerprint density at radius 1 is 0.830 bits per heavy atom. The van der Waals surface area contributed by atoms with Crippen molar-refractivity contribution in [2.24, 2.45) is 5.92 Å². The van der Waals surface area contributed by atoms with E-state index in [2.05, 4.69) is 176 Å². The minimum absolute atomic E-state index is 0. The second-order valence-electron chi connectivity index (χ2n) is 13.6. The average Bonchev–Trinajstić information content (AvgIpc) is 3.70. The predicted octanol–water partition coefficient (Wildman–Crippen LogP) is 11.9. The topological polar surface area (TPSA) is 3.24 Å². The van der Waals surface area contributed by atoms with E-state index in [0.29, 0.717) is 12.0 Å². The standard InChI is InChI=1S/C21H26N.C21H17.2CH3.Si.Zr/c1-14(2)16-12-17-11-15(3)22(20(17)13-16)19-9-7-18(8-10-19)21(4,5)6;1-14-12-20-15(2)10-11-19(21(20)13-14)18-9-5-7-16-6-3-4-8-17(16)18;;;;/h7-11,13-15H,1-6H3;3-13H,1-2H3;2*1H3;;/q4*-1;;. The Balaban J connectivity index is 0.000000233. The van der Waals surface area contributed by atoms with E-state index in [4.69, 9.17) is 0 Å². The average molecular weight is 711 g/mol. The number of rotatable bonds is 3. The molecule has 0 fully saturated rings. The van der Waals surface area contributed by atoms with Crippen molar-refractivity contribution in [3.05, 3.63) is 158 Å².